The number of hydrogen-bond acceptors (Lipinski definition) is 6. The minimum Gasteiger partial charge on any atom is -0.390 e. The lowest BCUT2D eigenvalue weighted by Crippen LogP contribution is -2.36. The highest BCUT2D eigenvalue weighted by atomic mass is 19.1. The molecule has 2 aromatic heterocycles. The second kappa shape index (κ2) is 9.97. The van der Waals surface area contributed by atoms with Crippen LogP contribution in [0.2, 0.25) is 0 Å². The van der Waals surface area contributed by atoms with Gasteiger partial charge in [-0.3, -0.25) is 4.98 Å². The van der Waals surface area contributed by atoms with Crippen LogP contribution in [0.5, 0.6) is 0 Å². The summed E-state index contributed by atoms with van der Waals surface area (Å²) in [6.07, 6.45) is 1.55. The third-order valence-corrected chi connectivity index (χ3v) is 6.14. The highest BCUT2D eigenvalue weighted by molar-refractivity contribution is 5.80. The maximum Gasteiger partial charge on any atom is 0.172 e. The number of benzene rings is 1. The molecule has 1 aliphatic rings. The van der Waals surface area contributed by atoms with Gasteiger partial charge < -0.3 is 15.3 Å². The molecule has 4 rings (SSSR count). The van der Waals surface area contributed by atoms with Gasteiger partial charge in [0.25, 0.3) is 0 Å². The van der Waals surface area contributed by atoms with Crippen molar-refractivity contribution in [2.75, 3.05) is 23.3 Å². The molecule has 0 aliphatic carbocycles. The number of piperidine rings is 1. The third kappa shape index (κ3) is 6.01. The molecule has 35 heavy (non-hydrogen) atoms. The summed E-state index contributed by atoms with van der Waals surface area (Å²) < 4.78 is 42.5. The van der Waals surface area contributed by atoms with E-state index in [1.165, 1.54) is 6.07 Å². The maximum atomic E-state index is 15.1. The van der Waals surface area contributed by atoms with E-state index in [4.69, 9.17) is 9.97 Å². The molecule has 3 aromatic rings. The fourth-order valence-electron chi connectivity index (χ4n) is 4.51. The maximum absolute atomic E-state index is 15.1. The summed E-state index contributed by atoms with van der Waals surface area (Å²) in [7, 11) is 0. The molecule has 0 spiro atoms. The average Bonchev–Trinajstić information content (AvgIpc) is 2.77. The van der Waals surface area contributed by atoms with Gasteiger partial charge in [-0.25, -0.2) is 23.1 Å². The molecule has 0 bridgehead atoms. The summed E-state index contributed by atoms with van der Waals surface area (Å²) >= 11 is 0. The lowest BCUT2D eigenvalue weighted by molar-refractivity contribution is 0.0800. The number of aliphatic hydroxyl groups is 1. The van der Waals surface area contributed by atoms with Crippen molar-refractivity contribution in [2.45, 2.75) is 64.8 Å². The Morgan fingerprint density at radius 3 is 2.46 bits per heavy atom. The molecule has 0 saturated carbocycles. The molecule has 188 valence electrons. The Hall–Kier alpha value is -2.94. The molecule has 1 aliphatic heterocycles. The van der Waals surface area contributed by atoms with Gasteiger partial charge in [0.2, 0.25) is 0 Å². The summed E-state index contributed by atoms with van der Waals surface area (Å²) in [6.45, 7) is 8.54. The van der Waals surface area contributed by atoms with Gasteiger partial charge in [0.15, 0.2) is 11.6 Å². The van der Waals surface area contributed by atoms with E-state index in [9.17, 15) is 13.9 Å². The lowest BCUT2D eigenvalue weighted by Gasteiger charge is -2.35. The van der Waals surface area contributed by atoms with Gasteiger partial charge in [0, 0.05) is 42.9 Å². The molecule has 2 N–H and O–H groups in total. The molecule has 9 heteroatoms. The molecule has 1 unspecified atom stereocenters. The van der Waals surface area contributed by atoms with Gasteiger partial charge in [0.05, 0.1) is 17.3 Å². The van der Waals surface area contributed by atoms with Crippen molar-refractivity contribution in [2.24, 2.45) is 5.92 Å². The van der Waals surface area contributed by atoms with E-state index < -0.39 is 23.4 Å². The van der Waals surface area contributed by atoms with Gasteiger partial charge in [0.1, 0.15) is 23.3 Å². The number of anilines is 2. The number of pyridine rings is 1. The first-order valence-corrected chi connectivity index (χ1v) is 12.0. The first kappa shape index (κ1) is 25.2. The van der Waals surface area contributed by atoms with Crippen molar-refractivity contribution in [1.82, 2.24) is 15.0 Å². The van der Waals surface area contributed by atoms with E-state index in [0.29, 0.717) is 55.0 Å². The fourth-order valence-corrected chi connectivity index (χ4v) is 4.51. The van der Waals surface area contributed by atoms with Gasteiger partial charge >= 0.3 is 0 Å². The summed E-state index contributed by atoms with van der Waals surface area (Å²) in [5, 5.41) is 13.5. The topological polar surface area (TPSA) is 74.2 Å². The molecular weight excluding hydrogens is 455 g/mol. The monoisotopic (exact) mass is 487 g/mol. The van der Waals surface area contributed by atoms with Crippen LogP contribution in [0.4, 0.5) is 24.8 Å². The van der Waals surface area contributed by atoms with Crippen molar-refractivity contribution in [3.8, 4) is 0 Å². The molecule has 1 saturated heterocycles. The van der Waals surface area contributed by atoms with E-state index in [1.807, 2.05) is 19.9 Å². The van der Waals surface area contributed by atoms with Crippen molar-refractivity contribution in [3.63, 3.8) is 0 Å². The van der Waals surface area contributed by atoms with Crippen LogP contribution in [0.1, 0.15) is 58.0 Å². The van der Waals surface area contributed by atoms with Crippen molar-refractivity contribution < 1.29 is 18.3 Å². The Bertz CT molecular complexity index is 1190. The van der Waals surface area contributed by atoms with Crippen molar-refractivity contribution in [3.05, 3.63) is 53.4 Å². The molecule has 6 nitrogen and oxygen atoms in total. The zero-order valence-corrected chi connectivity index (χ0v) is 20.5. The number of halogens is 3. The van der Waals surface area contributed by atoms with E-state index in [1.54, 1.807) is 20.0 Å². The summed E-state index contributed by atoms with van der Waals surface area (Å²) in [4.78, 5) is 16.1. The van der Waals surface area contributed by atoms with Crippen LogP contribution < -0.4 is 10.2 Å². The highest BCUT2D eigenvalue weighted by Crippen LogP contribution is 2.37. The van der Waals surface area contributed by atoms with E-state index >= 15 is 4.39 Å². The predicted octanol–water partition coefficient (Wildman–Crippen LogP) is 5.36. The van der Waals surface area contributed by atoms with Crippen LogP contribution in [-0.2, 0) is 6.42 Å². The fraction of sp³-hybridized carbons (Fsp3) is 0.500. The first-order valence-electron chi connectivity index (χ1n) is 12.0. The second-order valence-electron chi connectivity index (χ2n) is 10.2. The Labute approximate surface area is 203 Å². The quantitative estimate of drug-likeness (QED) is 0.467. The average molecular weight is 488 g/mol. The van der Waals surface area contributed by atoms with Crippen molar-refractivity contribution in [1.29, 1.82) is 0 Å². The number of fused-ring (bicyclic) bond motifs is 1. The Morgan fingerprint density at radius 2 is 1.83 bits per heavy atom. The van der Waals surface area contributed by atoms with Crippen LogP contribution in [0.25, 0.3) is 11.0 Å². The Balaban J connectivity index is 1.58. The smallest absolute Gasteiger partial charge is 0.172 e. The van der Waals surface area contributed by atoms with E-state index in [0.717, 1.165) is 17.8 Å². The van der Waals surface area contributed by atoms with Crippen LogP contribution in [0, 0.1) is 17.6 Å². The molecule has 1 atom stereocenters. The van der Waals surface area contributed by atoms with Gasteiger partial charge in [-0.15, -0.1) is 0 Å². The number of nitrogens with zero attached hydrogens (tertiary/aromatic N) is 4. The molecule has 0 amide bonds. The van der Waals surface area contributed by atoms with Gasteiger partial charge in [-0.05, 0) is 58.6 Å². The van der Waals surface area contributed by atoms with Crippen LogP contribution in [0.3, 0.4) is 0 Å². The van der Waals surface area contributed by atoms with Crippen LogP contribution in [0.15, 0.2) is 30.5 Å². The van der Waals surface area contributed by atoms with Crippen molar-refractivity contribution >= 4 is 22.7 Å². The molecule has 0 radical (unpaired) electrons. The second-order valence-corrected chi connectivity index (χ2v) is 10.2. The molecule has 3 heterocycles. The number of aromatic nitrogens is 3. The van der Waals surface area contributed by atoms with Crippen LogP contribution in [-0.4, -0.2) is 44.8 Å². The highest BCUT2D eigenvalue weighted by Gasteiger charge is 2.31. The van der Waals surface area contributed by atoms with Crippen LogP contribution >= 0.6 is 0 Å². The summed E-state index contributed by atoms with van der Waals surface area (Å²) in [5.74, 6) is -0.630. The number of hydrogen-bond donors (Lipinski definition) is 2. The standard InChI is InChI=1S/C26H32F3N5O/c1-15(2)31-24-25(33-21-12-18(13-26(3,4)35)30-14-22(21)32-24)34-9-7-16(8-10-34)23(29)19-6-5-17(27)11-20(19)28/h5-6,11-12,14-16,23,35H,7-10,13H2,1-4H3,(H,31,32). The van der Waals surface area contributed by atoms with Gasteiger partial charge in [-0.2, -0.15) is 0 Å². The summed E-state index contributed by atoms with van der Waals surface area (Å²) in [6, 6.07) is 4.98. The largest absolute Gasteiger partial charge is 0.390 e. The van der Waals surface area contributed by atoms with Gasteiger partial charge in [-0.1, -0.05) is 6.07 Å². The molecule has 1 aromatic carbocycles. The number of nitrogens with one attached hydrogen (secondary N) is 1. The Morgan fingerprint density at radius 1 is 1.11 bits per heavy atom. The lowest BCUT2D eigenvalue weighted by atomic mass is 9.88. The van der Waals surface area contributed by atoms with E-state index in [2.05, 4.69) is 15.2 Å². The number of rotatable bonds is 7. The zero-order valence-electron chi connectivity index (χ0n) is 20.5. The summed E-state index contributed by atoms with van der Waals surface area (Å²) in [5.41, 5.74) is 1.04. The first-order chi connectivity index (χ1) is 16.5. The minimum absolute atomic E-state index is 0.0932. The normalized spacial score (nSPS) is 16.2. The zero-order chi connectivity index (χ0) is 25.3. The Kier molecular flexibility index (Phi) is 7.17. The number of alkyl halides is 1. The molecule has 1 fully saturated rings. The predicted molar refractivity (Wildman–Crippen MR) is 131 cm³/mol. The SMILES string of the molecule is CC(C)Nc1nc2cnc(CC(C)(C)O)cc2nc1N1CCC(C(F)c2ccc(F)cc2F)CC1. The molecular formula is C26H32F3N5O. The third-order valence-electron chi connectivity index (χ3n) is 6.14. The minimum atomic E-state index is -1.50. The van der Waals surface area contributed by atoms with E-state index in [-0.39, 0.29) is 17.5 Å².